The van der Waals surface area contributed by atoms with Crippen LogP contribution in [0, 0.1) is 0 Å². The SMILES string of the molecule is CCNC(=NCCCn1cccn1)NCCc1c[nH]c2c(CC)cccc12. The Balaban J connectivity index is 1.51. The number of aromatic nitrogens is 3. The first-order chi connectivity index (χ1) is 13.3. The molecule has 0 atom stereocenters. The van der Waals surface area contributed by atoms with E-state index in [0.717, 1.165) is 51.4 Å². The molecule has 0 aliphatic heterocycles. The van der Waals surface area contributed by atoms with Crippen molar-refractivity contribution in [3.63, 3.8) is 0 Å². The number of benzene rings is 1. The van der Waals surface area contributed by atoms with Gasteiger partial charge in [-0.1, -0.05) is 25.1 Å². The van der Waals surface area contributed by atoms with Gasteiger partial charge >= 0.3 is 0 Å². The summed E-state index contributed by atoms with van der Waals surface area (Å²) in [6.45, 7) is 7.68. The van der Waals surface area contributed by atoms with Crippen molar-refractivity contribution in [3.8, 4) is 0 Å². The average molecular weight is 367 g/mol. The monoisotopic (exact) mass is 366 g/mol. The van der Waals surface area contributed by atoms with Crippen LogP contribution in [-0.4, -0.2) is 40.4 Å². The Hall–Kier alpha value is -2.76. The number of hydrogen-bond donors (Lipinski definition) is 3. The molecule has 2 aromatic heterocycles. The Morgan fingerprint density at radius 2 is 2.11 bits per heavy atom. The van der Waals surface area contributed by atoms with Gasteiger partial charge in [0.15, 0.2) is 5.96 Å². The molecule has 0 amide bonds. The topological polar surface area (TPSA) is 70.0 Å². The molecular weight excluding hydrogens is 336 g/mol. The van der Waals surface area contributed by atoms with Crippen LogP contribution in [0.1, 0.15) is 31.4 Å². The summed E-state index contributed by atoms with van der Waals surface area (Å²) in [5, 5.41) is 12.3. The molecule has 0 saturated carbocycles. The molecule has 0 saturated heterocycles. The lowest BCUT2D eigenvalue weighted by Gasteiger charge is -2.11. The van der Waals surface area contributed by atoms with E-state index in [4.69, 9.17) is 0 Å². The van der Waals surface area contributed by atoms with E-state index < -0.39 is 0 Å². The molecule has 27 heavy (non-hydrogen) atoms. The number of aliphatic imine (C=N–C) groups is 1. The zero-order valence-corrected chi connectivity index (χ0v) is 16.3. The average Bonchev–Trinajstić information content (AvgIpc) is 3.35. The van der Waals surface area contributed by atoms with Crippen molar-refractivity contribution >= 4 is 16.9 Å². The zero-order chi connectivity index (χ0) is 18.9. The Labute approximate surface area is 161 Å². The van der Waals surface area contributed by atoms with Gasteiger partial charge in [-0.05, 0) is 43.4 Å². The van der Waals surface area contributed by atoms with Gasteiger partial charge in [-0.2, -0.15) is 5.10 Å². The molecule has 0 fully saturated rings. The predicted molar refractivity (Wildman–Crippen MR) is 112 cm³/mol. The second-order valence-electron chi connectivity index (χ2n) is 6.57. The van der Waals surface area contributed by atoms with E-state index in [9.17, 15) is 0 Å². The first-order valence-corrected chi connectivity index (χ1v) is 9.89. The summed E-state index contributed by atoms with van der Waals surface area (Å²) in [5.41, 5.74) is 4.00. The Morgan fingerprint density at radius 3 is 2.89 bits per heavy atom. The number of guanidine groups is 1. The number of aryl methyl sites for hydroxylation is 2. The molecule has 6 heteroatoms. The van der Waals surface area contributed by atoms with Gasteiger partial charge in [0.05, 0.1) is 0 Å². The smallest absolute Gasteiger partial charge is 0.191 e. The highest BCUT2D eigenvalue weighted by Crippen LogP contribution is 2.22. The van der Waals surface area contributed by atoms with Crippen LogP contribution in [0.15, 0.2) is 47.8 Å². The van der Waals surface area contributed by atoms with Crippen molar-refractivity contribution in [2.75, 3.05) is 19.6 Å². The normalized spacial score (nSPS) is 11.9. The Bertz CT molecular complexity index is 847. The van der Waals surface area contributed by atoms with E-state index in [1.165, 1.54) is 22.0 Å². The van der Waals surface area contributed by atoms with Gasteiger partial charge in [0.1, 0.15) is 0 Å². The van der Waals surface area contributed by atoms with E-state index in [1.54, 1.807) is 0 Å². The number of rotatable bonds is 9. The standard InChI is InChI=1S/C21H30N6/c1-3-17-8-5-9-19-18(16-25-20(17)19)10-13-24-21(22-4-2)23-11-6-14-27-15-7-12-26-27/h5,7-9,12,15-16,25H,3-4,6,10-11,13-14H2,1-2H3,(H2,22,23,24). The molecular formula is C21H30N6. The summed E-state index contributed by atoms with van der Waals surface area (Å²) in [4.78, 5) is 8.11. The highest BCUT2D eigenvalue weighted by atomic mass is 15.3. The van der Waals surface area contributed by atoms with E-state index in [0.29, 0.717) is 0 Å². The van der Waals surface area contributed by atoms with Crippen molar-refractivity contribution in [3.05, 3.63) is 54.0 Å². The molecule has 3 aromatic rings. The van der Waals surface area contributed by atoms with E-state index >= 15 is 0 Å². The van der Waals surface area contributed by atoms with E-state index in [2.05, 4.69) is 64.0 Å². The van der Waals surface area contributed by atoms with E-state index in [-0.39, 0.29) is 0 Å². The van der Waals surface area contributed by atoms with Crippen LogP contribution < -0.4 is 10.6 Å². The predicted octanol–water partition coefficient (Wildman–Crippen LogP) is 3.11. The number of nitrogens with zero attached hydrogens (tertiary/aromatic N) is 3. The fourth-order valence-corrected chi connectivity index (χ4v) is 3.29. The molecule has 0 aliphatic carbocycles. The van der Waals surface area contributed by atoms with Crippen molar-refractivity contribution in [2.45, 2.75) is 39.7 Å². The highest BCUT2D eigenvalue weighted by molar-refractivity contribution is 5.86. The van der Waals surface area contributed by atoms with Crippen molar-refractivity contribution < 1.29 is 0 Å². The molecule has 3 N–H and O–H groups in total. The van der Waals surface area contributed by atoms with Gasteiger partial charge in [-0.25, -0.2) is 0 Å². The van der Waals surface area contributed by atoms with Crippen LogP contribution in [0.5, 0.6) is 0 Å². The summed E-state index contributed by atoms with van der Waals surface area (Å²) in [6.07, 6.45) is 8.91. The first-order valence-electron chi connectivity index (χ1n) is 9.89. The molecule has 144 valence electrons. The molecule has 6 nitrogen and oxygen atoms in total. The van der Waals surface area contributed by atoms with Crippen LogP contribution in [0.4, 0.5) is 0 Å². The summed E-state index contributed by atoms with van der Waals surface area (Å²) >= 11 is 0. The lowest BCUT2D eigenvalue weighted by atomic mass is 10.1. The van der Waals surface area contributed by atoms with Crippen LogP contribution in [0.3, 0.4) is 0 Å². The quantitative estimate of drug-likeness (QED) is 0.310. The summed E-state index contributed by atoms with van der Waals surface area (Å²) in [6, 6.07) is 8.50. The molecule has 0 spiro atoms. The van der Waals surface area contributed by atoms with Gasteiger partial charge in [0, 0.05) is 55.7 Å². The summed E-state index contributed by atoms with van der Waals surface area (Å²) in [7, 11) is 0. The number of H-pyrrole nitrogens is 1. The summed E-state index contributed by atoms with van der Waals surface area (Å²) < 4.78 is 1.94. The maximum absolute atomic E-state index is 4.67. The van der Waals surface area contributed by atoms with Gasteiger partial charge in [0.25, 0.3) is 0 Å². The Morgan fingerprint density at radius 1 is 1.19 bits per heavy atom. The third kappa shape index (κ3) is 5.12. The number of nitrogens with one attached hydrogen (secondary N) is 3. The molecule has 2 heterocycles. The third-order valence-corrected chi connectivity index (χ3v) is 4.67. The van der Waals surface area contributed by atoms with Crippen LogP contribution >= 0.6 is 0 Å². The third-order valence-electron chi connectivity index (χ3n) is 4.67. The van der Waals surface area contributed by atoms with Gasteiger partial charge in [0.2, 0.25) is 0 Å². The second-order valence-corrected chi connectivity index (χ2v) is 6.57. The largest absolute Gasteiger partial charge is 0.361 e. The highest BCUT2D eigenvalue weighted by Gasteiger charge is 2.06. The molecule has 3 rings (SSSR count). The van der Waals surface area contributed by atoms with Crippen molar-refractivity contribution in [1.29, 1.82) is 0 Å². The van der Waals surface area contributed by atoms with Crippen molar-refractivity contribution in [1.82, 2.24) is 25.4 Å². The lowest BCUT2D eigenvalue weighted by Crippen LogP contribution is -2.38. The molecule has 0 aliphatic rings. The van der Waals surface area contributed by atoms with E-state index in [1.807, 2.05) is 23.1 Å². The van der Waals surface area contributed by atoms with Crippen LogP contribution in [0.25, 0.3) is 10.9 Å². The zero-order valence-electron chi connectivity index (χ0n) is 16.3. The van der Waals surface area contributed by atoms with Crippen LogP contribution in [0.2, 0.25) is 0 Å². The number of aromatic amines is 1. The summed E-state index contributed by atoms with van der Waals surface area (Å²) in [5.74, 6) is 0.882. The fraction of sp³-hybridized carbons (Fsp3) is 0.429. The second kappa shape index (κ2) is 9.80. The van der Waals surface area contributed by atoms with Gasteiger partial charge in [-0.3, -0.25) is 9.67 Å². The Kier molecular flexibility index (Phi) is 6.90. The lowest BCUT2D eigenvalue weighted by molar-refractivity contribution is 0.584. The van der Waals surface area contributed by atoms with Gasteiger partial charge in [-0.15, -0.1) is 0 Å². The van der Waals surface area contributed by atoms with Crippen molar-refractivity contribution in [2.24, 2.45) is 4.99 Å². The molecule has 0 unspecified atom stereocenters. The van der Waals surface area contributed by atoms with Crippen LogP contribution in [-0.2, 0) is 19.4 Å². The minimum atomic E-state index is 0.780. The minimum Gasteiger partial charge on any atom is -0.361 e. The number of para-hydroxylation sites is 1. The maximum atomic E-state index is 4.67. The minimum absolute atomic E-state index is 0.780. The maximum Gasteiger partial charge on any atom is 0.191 e. The molecule has 1 aromatic carbocycles. The molecule has 0 bridgehead atoms. The first kappa shape index (κ1) is 19.0. The van der Waals surface area contributed by atoms with Gasteiger partial charge < -0.3 is 15.6 Å². The number of fused-ring (bicyclic) bond motifs is 1. The molecule has 0 radical (unpaired) electrons. The number of hydrogen-bond acceptors (Lipinski definition) is 2. The fourth-order valence-electron chi connectivity index (χ4n) is 3.29.